The second kappa shape index (κ2) is 15.9. The molecule has 0 saturated carbocycles. The molecule has 0 aliphatic rings. The van der Waals surface area contributed by atoms with Crippen LogP contribution in [0.3, 0.4) is 0 Å². The van der Waals surface area contributed by atoms with E-state index < -0.39 is 18.3 Å². The quantitative estimate of drug-likeness (QED) is 0.116. The predicted octanol–water partition coefficient (Wildman–Crippen LogP) is 6.64. The lowest BCUT2D eigenvalue weighted by atomic mass is 10.2. The van der Waals surface area contributed by atoms with Crippen LogP contribution in [0.4, 0.5) is 0 Å². The van der Waals surface area contributed by atoms with E-state index in [4.69, 9.17) is 46.2 Å². The molecule has 2 aromatic rings. The first-order valence-electron chi connectivity index (χ1n) is 11.2. The Morgan fingerprint density at radius 3 is 1.37 bits per heavy atom. The monoisotopic (exact) mass is 546 g/mol. The number of benzene rings is 2. The summed E-state index contributed by atoms with van der Waals surface area (Å²) in [6, 6.07) is 13.1. The molecule has 0 saturated heterocycles. The van der Waals surface area contributed by atoms with Crippen molar-refractivity contribution in [2.75, 3.05) is 33.0 Å². The minimum Gasteiger partial charge on any atom is -0.494 e. The lowest BCUT2D eigenvalue weighted by Gasteiger charge is -2.17. The van der Waals surface area contributed by atoms with Gasteiger partial charge in [-0.25, -0.2) is 4.57 Å². The zero-order valence-corrected chi connectivity index (χ0v) is 21.9. The molecule has 0 amide bonds. The van der Waals surface area contributed by atoms with Crippen molar-refractivity contribution in [2.45, 2.75) is 32.6 Å². The van der Waals surface area contributed by atoms with E-state index in [0.29, 0.717) is 61.5 Å². The third-order valence-corrected chi connectivity index (χ3v) is 6.57. The molecule has 0 N–H and O–H groups in total. The fourth-order valence-electron chi connectivity index (χ4n) is 2.78. The molecule has 0 aromatic heterocycles. The van der Waals surface area contributed by atoms with Crippen molar-refractivity contribution in [1.29, 1.82) is 0 Å². The number of unbranched alkanes of at least 4 members (excludes halogenated alkanes) is 2. The Balaban J connectivity index is 1.58. The first kappa shape index (κ1) is 29.3. The second-order valence-electron chi connectivity index (χ2n) is 7.24. The summed E-state index contributed by atoms with van der Waals surface area (Å²) in [5, 5.41) is -1.03. The van der Waals surface area contributed by atoms with Crippen LogP contribution in [0, 0.1) is 0 Å². The van der Waals surface area contributed by atoms with Crippen LogP contribution in [0.5, 0.6) is 11.5 Å². The molecule has 8 nitrogen and oxygen atoms in total. The molecule has 0 aliphatic heterocycles. The fourth-order valence-corrected chi connectivity index (χ4v) is 4.27. The van der Waals surface area contributed by atoms with Crippen LogP contribution in [0.25, 0.3) is 0 Å². The number of phosphoric ester groups is 1. The Bertz CT molecular complexity index is 893. The molecule has 0 atom stereocenters. The van der Waals surface area contributed by atoms with Gasteiger partial charge < -0.3 is 9.47 Å². The molecule has 2 aromatic carbocycles. The molecule has 0 heterocycles. The summed E-state index contributed by atoms with van der Waals surface area (Å²) in [6.45, 7) is 3.18. The molecule has 11 heteroatoms. The van der Waals surface area contributed by atoms with E-state index in [2.05, 4.69) is 0 Å². The van der Waals surface area contributed by atoms with E-state index >= 15 is 0 Å². The number of phosphoric acid groups is 1. The molecule has 0 bridgehead atoms. The Morgan fingerprint density at radius 1 is 0.657 bits per heavy atom. The lowest BCUT2D eigenvalue weighted by Crippen LogP contribution is -2.05. The zero-order chi connectivity index (χ0) is 25.5. The molecule has 192 valence electrons. The highest BCUT2D eigenvalue weighted by atomic mass is 35.5. The number of rotatable bonds is 18. The summed E-state index contributed by atoms with van der Waals surface area (Å²) in [5.41, 5.74) is 0.811. The first-order valence-corrected chi connectivity index (χ1v) is 13.4. The average Bonchev–Trinajstić information content (AvgIpc) is 2.84. The maximum atomic E-state index is 12.7. The zero-order valence-electron chi connectivity index (χ0n) is 19.5. The summed E-state index contributed by atoms with van der Waals surface area (Å²) in [7, 11) is -3.63. The van der Waals surface area contributed by atoms with Gasteiger partial charge in [0.05, 0.1) is 33.0 Å². The summed E-state index contributed by atoms with van der Waals surface area (Å²) >= 11 is 10.8. The van der Waals surface area contributed by atoms with Gasteiger partial charge in [-0.15, -0.1) is 0 Å². The highest BCUT2D eigenvalue weighted by Crippen LogP contribution is 2.49. The Morgan fingerprint density at radius 2 is 1.03 bits per heavy atom. The number of carbonyl (C=O) groups is 2. The van der Waals surface area contributed by atoms with E-state index in [1.54, 1.807) is 55.5 Å². The van der Waals surface area contributed by atoms with Crippen LogP contribution in [0.1, 0.15) is 53.3 Å². The van der Waals surface area contributed by atoms with Crippen molar-refractivity contribution in [3.05, 3.63) is 59.7 Å². The van der Waals surface area contributed by atoms with Crippen molar-refractivity contribution >= 4 is 41.5 Å². The Hall–Kier alpha value is -1.93. The number of halogens is 2. The van der Waals surface area contributed by atoms with Gasteiger partial charge in [0.15, 0.2) is 0 Å². The van der Waals surface area contributed by atoms with E-state index in [0.717, 1.165) is 0 Å². The van der Waals surface area contributed by atoms with Crippen LogP contribution >= 0.6 is 31.0 Å². The van der Waals surface area contributed by atoms with Crippen molar-refractivity contribution in [2.24, 2.45) is 0 Å². The molecular weight excluding hydrogens is 518 g/mol. The van der Waals surface area contributed by atoms with Crippen LogP contribution in [0.2, 0.25) is 0 Å². The van der Waals surface area contributed by atoms with E-state index in [9.17, 15) is 14.2 Å². The lowest BCUT2D eigenvalue weighted by molar-refractivity contribution is 0.107. The molecule has 0 aliphatic carbocycles. The van der Waals surface area contributed by atoms with E-state index in [1.807, 2.05) is 0 Å². The van der Waals surface area contributed by atoms with Crippen molar-refractivity contribution in [1.82, 2.24) is 0 Å². The molecular formula is C24H29Cl2O8P. The summed E-state index contributed by atoms with van der Waals surface area (Å²) in [6.07, 6.45) is 2.53. The smallest absolute Gasteiger partial charge is 0.474 e. The van der Waals surface area contributed by atoms with Gasteiger partial charge in [-0.2, -0.15) is 0 Å². The molecule has 0 spiro atoms. The third kappa shape index (κ3) is 11.6. The maximum absolute atomic E-state index is 12.7. The molecule has 0 unspecified atom stereocenters. The van der Waals surface area contributed by atoms with Crippen LogP contribution in [-0.4, -0.2) is 43.5 Å². The van der Waals surface area contributed by atoms with Crippen molar-refractivity contribution in [3.8, 4) is 11.5 Å². The minimum absolute atomic E-state index is 0.199. The van der Waals surface area contributed by atoms with Gasteiger partial charge in [-0.3, -0.25) is 23.2 Å². The van der Waals surface area contributed by atoms with Crippen molar-refractivity contribution < 1.29 is 37.2 Å². The van der Waals surface area contributed by atoms with Gasteiger partial charge >= 0.3 is 7.82 Å². The molecule has 35 heavy (non-hydrogen) atoms. The molecule has 0 fully saturated rings. The Kier molecular flexibility index (Phi) is 13.3. The van der Waals surface area contributed by atoms with Gasteiger partial charge in [-0.1, -0.05) is 0 Å². The standard InChI is InChI=1S/C24H29Cl2O8P/c1-2-32-35(29,33-17-5-3-15-30-21-11-7-19(8-12-21)23(25)27)34-18-6-4-16-31-22-13-9-20(10-14-22)24(26)28/h7-14H,2-6,15-18H2,1H3. The van der Waals surface area contributed by atoms with Gasteiger partial charge in [-0.05, 0) is 104 Å². The normalized spacial score (nSPS) is 11.3. The topological polar surface area (TPSA) is 97.4 Å². The maximum Gasteiger partial charge on any atom is 0.474 e. The van der Waals surface area contributed by atoms with Crippen LogP contribution < -0.4 is 9.47 Å². The predicted molar refractivity (Wildman–Crippen MR) is 134 cm³/mol. The highest BCUT2D eigenvalue weighted by Gasteiger charge is 2.25. The second-order valence-corrected chi connectivity index (χ2v) is 9.59. The number of hydrogen-bond acceptors (Lipinski definition) is 8. The minimum atomic E-state index is -3.63. The van der Waals surface area contributed by atoms with Crippen molar-refractivity contribution in [3.63, 3.8) is 0 Å². The fraction of sp³-hybridized carbons (Fsp3) is 0.417. The first-order chi connectivity index (χ1) is 16.8. The SMILES string of the molecule is CCOP(=O)(OCCCCOc1ccc(C(=O)Cl)cc1)OCCCCOc1ccc(C(=O)Cl)cc1. The summed E-state index contributed by atoms with van der Waals surface area (Å²) in [5.74, 6) is 1.25. The molecule has 0 radical (unpaired) electrons. The summed E-state index contributed by atoms with van der Waals surface area (Å²) in [4.78, 5) is 22.1. The Labute approximate surface area is 215 Å². The van der Waals surface area contributed by atoms with Gasteiger partial charge in [0.2, 0.25) is 0 Å². The third-order valence-electron chi connectivity index (χ3n) is 4.56. The average molecular weight is 547 g/mol. The highest BCUT2D eigenvalue weighted by molar-refractivity contribution is 7.48. The van der Waals surface area contributed by atoms with Crippen LogP contribution in [0.15, 0.2) is 48.5 Å². The van der Waals surface area contributed by atoms with Gasteiger partial charge in [0.1, 0.15) is 11.5 Å². The van der Waals surface area contributed by atoms with E-state index in [-0.39, 0.29) is 19.8 Å². The number of ether oxygens (including phenoxy) is 2. The van der Waals surface area contributed by atoms with Crippen LogP contribution in [-0.2, 0) is 18.1 Å². The largest absolute Gasteiger partial charge is 0.494 e. The number of hydrogen-bond donors (Lipinski definition) is 0. The summed E-state index contributed by atoms with van der Waals surface area (Å²) < 4.78 is 39.9. The van der Waals surface area contributed by atoms with Gasteiger partial charge in [0, 0.05) is 11.1 Å². The number of carbonyl (C=O) groups excluding carboxylic acids is 2. The van der Waals surface area contributed by atoms with Gasteiger partial charge in [0.25, 0.3) is 10.5 Å². The van der Waals surface area contributed by atoms with E-state index in [1.165, 1.54) is 0 Å². The molecule has 2 rings (SSSR count).